The van der Waals surface area contributed by atoms with E-state index in [1.807, 2.05) is 0 Å². The molecule has 0 saturated heterocycles. The fraction of sp³-hybridized carbons (Fsp3) is 1.00. The Morgan fingerprint density at radius 3 is 2.38 bits per heavy atom. The predicted octanol–water partition coefficient (Wildman–Crippen LogP) is 0.139. The summed E-state index contributed by atoms with van der Waals surface area (Å²) in [7, 11) is 0. The van der Waals surface area contributed by atoms with E-state index in [-0.39, 0.29) is 6.61 Å². The first kappa shape index (κ1) is 12.8. The van der Waals surface area contributed by atoms with Gasteiger partial charge in [0.2, 0.25) is 0 Å². The minimum atomic E-state index is -0.634. The molecule has 0 amide bonds. The highest BCUT2D eigenvalue weighted by Gasteiger charge is 2.16. The average molecular weight is 191 g/mol. The molecule has 1 unspecified atom stereocenters. The maximum absolute atomic E-state index is 8.80. The Bertz CT molecular complexity index is 117. The van der Waals surface area contributed by atoms with E-state index in [2.05, 4.69) is 6.92 Å². The summed E-state index contributed by atoms with van der Waals surface area (Å²) in [5, 5.41) is 8.80. The summed E-state index contributed by atoms with van der Waals surface area (Å²) < 4.78 is 10.4. The summed E-state index contributed by atoms with van der Waals surface area (Å²) >= 11 is 0. The SMILES string of the molecule is CCCOCCOCC(C)(N)CO. The number of rotatable bonds is 8. The second kappa shape index (κ2) is 7.26. The lowest BCUT2D eigenvalue weighted by molar-refractivity contribution is 0.0188. The van der Waals surface area contributed by atoms with Crippen LogP contribution in [0.3, 0.4) is 0 Å². The molecule has 80 valence electrons. The molecule has 0 aliphatic heterocycles. The molecule has 4 nitrogen and oxygen atoms in total. The molecule has 3 N–H and O–H groups in total. The van der Waals surface area contributed by atoms with Crippen molar-refractivity contribution in [1.82, 2.24) is 0 Å². The molecule has 0 aromatic carbocycles. The lowest BCUT2D eigenvalue weighted by Crippen LogP contribution is -2.45. The molecule has 0 bridgehead atoms. The molecule has 4 heteroatoms. The van der Waals surface area contributed by atoms with Crippen LogP contribution in [0.25, 0.3) is 0 Å². The molecular formula is C9H21NO3. The Hall–Kier alpha value is -0.160. The van der Waals surface area contributed by atoms with E-state index in [4.69, 9.17) is 20.3 Å². The minimum Gasteiger partial charge on any atom is -0.394 e. The van der Waals surface area contributed by atoms with Gasteiger partial charge in [0, 0.05) is 6.61 Å². The van der Waals surface area contributed by atoms with Gasteiger partial charge in [0.25, 0.3) is 0 Å². The van der Waals surface area contributed by atoms with Crippen molar-refractivity contribution in [3.05, 3.63) is 0 Å². The zero-order chi connectivity index (χ0) is 10.2. The van der Waals surface area contributed by atoms with Crippen LogP contribution in [0.15, 0.2) is 0 Å². The highest BCUT2D eigenvalue weighted by molar-refractivity contribution is 4.76. The smallest absolute Gasteiger partial charge is 0.0701 e. The average Bonchev–Trinajstić information content (AvgIpc) is 2.11. The van der Waals surface area contributed by atoms with Crippen molar-refractivity contribution in [2.45, 2.75) is 25.8 Å². The third-order valence-electron chi connectivity index (χ3n) is 1.51. The third-order valence-corrected chi connectivity index (χ3v) is 1.51. The molecule has 1 atom stereocenters. The van der Waals surface area contributed by atoms with Crippen molar-refractivity contribution in [2.24, 2.45) is 5.73 Å². The normalized spacial score (nSPS) is 15.7. The van der Waals surface area contributed by atoms with Crippen molar-refractivity contribution in [2.75, 3.05) is 33.0 Å². The fourth-order valence-corrected chi connectivity index (χ4v) is 0.715. The summed E-state index contributed by atoms with van der Waals surface area (Å²) in [6.07, 6.45) is 1.02. The van der Waals surface area contributed by atoms with Crippen LogP contribution in [0.5, 0.6) is 0 Å². The highest BCUT2D eigenvalue weighted by Crippen LogP contribution is 1.97. The predicted molar refractivity (Wildman–Crippen MR) is 51.6 cm³/mol. The van der Waals surface area contributed by atoms with E-state index >= 15 is 0 Å². The lowest BCUT2D eigenvalue weighted by Gasteiger charge is -2.21. The summed E-state index contributed by atoms with van der Waals surface area (Å²) in [6, 6.07) is 0. The Morgan fingerprint density at radius 2 is 1.85 bits per heavy atom. The van der Waals surface area contributed by atoms with Crippen molar-refractivity contribution in [3.8, 4) is 0 Å². The van der Waals surface area contributed by atoms with Crippen molar-refractivity contribution >= 4 is 0 Å². The fourth-order valence-electron chi connectivity index (χ4n) is 0.715. The number of aliphatic hydroxyl groups is 1. The second-order valence-electron chi connectivity index (χ2n) is 3.48. The van der Waals surface area contributed by atoms with Gasteiger partial charge in [-0.05, 0) is 13.3 Å². The van der Waals surface area contributed by atoms with Gasteiger partial charge in [-0.25, -0.2) is 0 Å². The molecule has 0 aliphatic carbocycles. The summed E-state index contributed by atoms with van der Waals surface area (Å²) in [6.45, 7) is 6.00. The van der Waals surface area contributed by atoms with E-state index < -0.39 is 5.54 Å². The van der Waals surface area contributed by atoms with Gasteiger partial charge in [-0.15, -0.1) is 0 Å². The van der Waals surface area contributed by atoms with Crippen LogP contribution < -0.4 is 5.73 Å². The Balaban J connectivity index is 3.16. The van der Waals surface area contributed by atoms with Gasteiger partial charge < -0.3 is 20.3 Å². The molecule has 0 aromatic rings. The van der Waals surface area contributed by atoms with Crippen LogP contribution in [0.1, 0.15) is 20.3 Å². The van der Waals surface area contributed by atoms with Gasteiger partial charge in [0.15, 0.2) is 0 Å². The minimum absolute atomic E-state index is 0.0666. The van der Waals surface area contributed by atoms with E-state index in [1.165, 1.54) is 0 Å². The van der Waals surface area contributed by atoms with Gasteiger partial charge in [-0.3, -0.25) is 0 Å². The van der Waals surface area contributed by atoms with Crippen molar-refractivity contribution < 1.29 is 14.6 Å². The van der Waals surface area contributed by atoms with Gasteiger partial charge in [-0.1, -0.05) is 6.92 Å². The van der Waals surface area contributed by atoms with Crippen molar-refractivity contribution in [1.29, 1.82) is 0 Å². The number of aliphatic hydroxyl groups excluding tert-OH is 1. The standard InChI is InChI=1S/C9H21NO3/c1-3-4-12-5-6-13-8-9(2,10)7-11/h11H,3-8,10H2,1-2H3. The Labute approximate surface area is 80.0 Å². The summed E-state index contributed by atoms with van der Waals surface area (Å²) in [5.74, 6) is 0. The third kappa shape index (κ3) is 8.18. The first-order chi connectivity index (χ1) is 6.12. The first-order valence-corrected chi connectivity index (χ1v) is 4.67. The Morgan fingerprint density at radius 1 is 1.23 bits per heavy atom. The molecule has 0 fully saturated rings. The highest BCUT2D eigenvalue weighted by atomic mass is 16.5. The molecule has 0 saturated carbocycles. The van der Waals surface area contributed by atoms with E-state index in [0.717, 1.165) is 13.0 Å². The van der Waals surface area contributed by atoms with Gasteiger partial charge in [0.1, 0.15) is 0 Å². The Kier molecular flexibility index (Phi) is 7.17. The number of nitrogens with two attached hydrogens (primary N) is 1. The van der Waals surface area contributed by atoms with Crippen LogP contribution in [-0.4, -0.2) is 43.7 Å². The molecule has 13 heavy (non-hydrogen) atoms. The van der Waals surface area contributed by atoms with Crippen LogP contribution in [0.4, 0.5) is 0 Å². The summed E-state index contributed by atoms with van der Waals surface area (Å²) in [4.78, 5) is 0. The van der Waals surface area contributed by atoms with Gasteiger partial charge in [0.05, 0.1) is 32.0 Å². The second-order valence-corrected chi connectivity index (χ2v) is 3.48. The molecule has 0 heterocycles. The first-order valence-electron chi connectivity index (χ1n) is 4.67. The quantitative estimate of drug-likeness (QED) is 0.536. The van der Waals surface area contributed by atoms with Gasteiger partial charge >= 0.3 is 0 Å². The zero-order valence-electron chi connectivity index (χ0n) is 8.58. The number of ether oxygens (including phenoxy) is 2. The van der Waals surface area contributed by atoms with E-state index in [9.17, 15) is 0 Å². The van der Waals surface area contributed by atoms with E-state index in [1.54, 1.807) is 6.92 Å². The maximum Gasteiger partial charge on any atom is 0.0701 e. The summed E-state index contributed by atoms with van der Waals surface area (Å²) in [5.41, 5.74) is 5.01. The molecule has 0 aromatic heterocycles. The molecular weight excluding hydrogens is 170 g/mol. The van der Waals surface area contributed by atoms with Crippen LogP contribution >= 0.6 is 0 Å². The van der Waals surface area contributed by atoms with Crippen LogP contribution in [-0.2, 0) is 9.47 Å². The largest absolute Gasteiger partial charge is 0.394 e. The zero-order valence-corrected chi connectivity index (χ0v) is 8.58. The topological polar surface area (TPSA) is 64.7 Å². The molecule has 0 aliphatic rings. The maximum atomic E-state index is 8.80. The number of hydrogen-bond donors (Lipinski definition) is 2. The molecule has 0 rings (SSSR count). The monoisotopic (exact) mass is 191 g/mol. The van der Waals surface area contributed by atoms with Gasteiger partial charge in [-0.2, -0.15) is 0 Å². The van der Waals surface area contributed by atoms with Crippen molar-refractivity contribution in [3.63, 3.8) is 0 Å². The molecule has 0 radical (unpaired) electrons. The number of hydrogen-bond acceptors (Lipinski definition) is 4. The van der Waals surface area contributed by atoms with Crippen LogP contribution in [0.2, 0.25) is 0 Å². The molecule has 0 spiro atoms. The van der Waals surface area contributed by atoms with Crippen LogP contribution in [0, 0.1) is 0 Å². The lowest BCUT2D eigenvalue weighted by atomic mass is 10.1. The van der Waals surface area contributed by atoms with E-state index in [0.29, 0.717) is 19.8 Å².